The van der Waals surface area contributed by atoms with Gasteiger partial charge >= 0.3 is 0 Å². The molecule has 1 atom stereocenters. The molecule has 5 heteroatoms. The second-order valence-corrected chi connectivity index (χ2v) is 5.73. The van der Waals surface area contributed by atoms with E-state index in [4.69, 9.17) is 5.73 Å². The Hall–Kier alpha value is -1.36. The highest BCUT2D eigenvalue weighted by Gasteiger charge is 2.20. The van der Waals surface area contributed by atoms with Crippen LogP contribution in [0.4, 0.5) is 11.6 Å². The van der Waals surface area contributed by atoms with Crippen LogP contribution in [0.25, 0.3) is 0 Å². The third-order valence-electron chi connectivity index (χ3n) is 3.52. The van der Waals surface area contributed by atoms with Crippen LogP contribution >= 0.6 is 0 Å². The first-order valence-corrected chi connectivity index (χ1v) is 7.20. The van der Waals surface area contributed by atoms with Gasteiger partial charge < -0.3 is 16.0 Å². The van der Waals surface area contributed by atoms with Crippen LogP contribution in [-0.2, 0) is 0 Å². The number of piperidine rings is 1. The average molecular weight is 263 g/mol. The number of nitrogens with two attached hydrogens (primary N) is 1. The summed E-state index contributed by atoms with van der Waals surface area (Å²) in [5.41, 5.74) is 5.78. The van der Waals surface area contributed by atoms with Gasteiger partial charge in [-0.05, 0) is 31.2 Å². The lowest BCUT2D eigenvalue weighted by Gasteiger charge is -2.33. The van der Waals surface area contributed by atoms with Gasteiger partial charge in [0.05, 0.1) is 0 Å². The van der Waals surface area contributed by atoms with Gasteiger partial charge in [0.1, 0.15) is 18.0 Å². The summed E-state index contributed by atoms with van der Waals surface area (Å²) in [6.45, 7) is 8.15. The fourth-order valence-corrected chi connectivity index (χ4v) is 2.39. The summed E-state index contributed by atoms with van der Waals surface area (Å²) in [6.07, 6.45) is 4.07. The SMILES string of the molecule is CC(C)CNc1cc(N2CCCC(CN)C2)ncn1. The Balaban J connectivity index is 2.01. The number of aromatic nitrogens is 2. The number of anilines is 2. The van der Waals surface area contributed by atoms with Crippen LogP contribution in [0.3, 0.4) is 0 Å². The monoisotopic (exact) mass is 263 g/mol. The molecule has 2 rings (SSSR count). The van der Waals surface area contributed by atoms with Crippen molar-refractivity contribution < 1.29 is 0 Å². The Bertz CT molecular complexity index is 393. The number of nitrogens with zero attached hydrogens (tertiary/aromatic N) is 3. The van der Waals surface area contributed by atoms with Crippen molar-refractivity contribution in [3.63, 3.8) is 0 Å². The summed E-state index contributed by atoms with van der Waals surface area (Å²) in [6, 6.07) is 2.04. The Kier molecular flexibility index (Phi) is 4.96. The van der Waals surface area contributed by atoms with E-state index in [1.807, 2.05) is 6.07 Å². The molecule has 0 aliphatic carbocycles. The molecule has 1 aliphatic heterocycles. The largest absolute Gasteiger partial charge is 0.370 e. The maximum atomic E-state index is 5.78. The maximum Gasteiger partial charge on any atom is 0.134 e. The molecule has 3 N–H and O–H groups in total. The minimum absolute atomic E-state index is 0.593. The molecule has 0 amide bonds. The van der Waals surface area contributed by atoms with Gasteiger partial charge in [-0.15, -0.1) is 0 Å². The van der Waals surface area contributed by atoms with Crippen molar-refractivity contribution in [1.82, 2.24) is 9.97 Å². The molecule has 0 spiro atoms. The Morgan fingerprint density at radius 2 is 2.32 bits per heavy atom. The summed E-state index contributed by atoms with van der Waals surface area (Å²) in [5.74, 6) is 3.12. The molecule has 106 valence electrons. The number of hydrogen-bond donors (Lipinski definition) is 2. The molecule has 0 bridgehead atoms. The van der Waals surface area contributed by atoms with E-state index in [1.54, 1.807) is 6.33 Å². The molecule has 2 heterocycles. The third kappa shape index (κ3) is 4.06. The molecule has 0 saturated carbocycles. The molecule has 1 aromatic heterocycles. The summed E-state index contributed by atoms with van der Waals surface area (Å²) in [4.78, 5) is 11.0. The zero-order chi connectivity index (χ0) is 13.7. The van der Waals surface area contributed by atoms with Gasteiger partial charge in [-0.2, -0.15) is 0 Å². The standard InChI is InChI=1S/C14H25N5/c1-11(2)8-16-13-6-14(18-10-17-13)19-5-3-4-12(7-15)9-19/h6,10-12H,3-5,7-9,15H2,1-2H3,(H,16,17,18). The average Bonchev–Trinajstić information content (AvgIpc) is 2.45. The summed E-state index contributed by atoms with van der Waals surface area (Å²) in [7, 11) is 0. The van der Waals surface area contributed by atoms with Crippen LogP contribution in [0, 0.1) is 11.8 Å². The van der Waals surface area contributed by atoms with Crippen LogP contribution in [0.2, 0.25) is 0 Å². The van der Waals surface area contributed by atoms with Crippen molar-refractivity contribution in [2.45, 2.75) is 26.7 Å². The minimum atomic E-state index is 0.593. The molecule has 0 aromatic carbocycles. The van der Waals surface area contributed by atoms with E-state index < -0.39 is 0 Å². The predicted octanol–water partition coefficient (Wildman–Crippen LogP) is 1.72. The zero-order valence-corrected chi connectivity index (χ0v) is 12.0. The second-order valence-electron chi connectivity index (χ2n) is 5.73. The van der Waals surface area contributed by atoms with Gasteiger partial charge in [-0.1, -0.05) is 13.8 Å². The maximum absolute atomic E-state index is 5.78. The summed E-state index contributed by atoms with van der Waals surface area (Å²) in [5, 5.41) is 3.35. The van der Waals surface area contributed by atoms with Crippen LogP contribution in [-0.4, -0.2) is 36.1 Å². The molecule has 1 aromatic rings. The molecular formula is C14H25N5. The lowest BCUT2D eigenvalue weighted by molar-refractivity contribution is 0.421. The first-order valence-electron chi connectivity index (χ1n) is 7.20. The summed E-state index contributed by atoms with van der Waals surface area (Å²) >= 11 is 0. The minimum Gasteiger partial charge on any atom is -0.370 e. The summed E-state index contributed by atoms with van der Waals surface area (Å²) < 4.78 is 0. The van der Waals surface area contributed by atoms with Crippen molar-refractivity contribution in [2.75, 3.05) is 36.4 Å². The molecule has 1 saturated heterocycles. The molecule has 1 fully saturated rings. The van der Waals surface area contributed by atoms with E-state index in [0.29, 0.717) is 11.8 Å². The molecule has 1 aliphatic rings. The predicted molar refractivity (Wildman–Crippen MR) is 79.4 cm³/mol. The highest BCUT2D eigenvalue weighted by Crippen LogP contribution is 2.22. The highest BCUT2D eigenvalue weighted by atomic mass is 15.2. The fourth-order valence-electron chi connectivity index (χ4n) is 2.39. The van der Waals surface area contributed by atoms with E-state index in [0.717, 1.165) is 37.8 Å². The van der Waals surface area contributed by atoms with Crippen molar-refractivity contribution in [2.24, 2.45) is 17.6 Å². The van der Waals surface area contributed by atoms with Crippen molar-refractivity contribution in [1.29, 1.82) is 0 Å². The van der Waals surface area contributed by atoms with Gasteiger partial charge in [-0.25, -0.2) is 9.97 Å². The lowest BCUT2D eigenvalue weighted by Crippen LogP contribution is -2.38. The first-order chi connectivity index (χ1) is 9.19. The van der Waals surface area contributed by atoms with Gasteiger partial charge in [0.2, 0.25) is 0 Å². The first kappa shape index (κ1) is 14.1. The van der Waals surface area contributed by atoms with Gasteiger partial charge in [-0.3, -0.25) is 0 Å². The number of rotatable bonds is 5. The van der Waals surface area contributed by atoms with E-state index in [2.05, 4.69) is 34.0 Å². The topological polar surface area (TPSA) is 67.1 Å². The molecular weight excluding hydrogens is 238 g/mol. The van der Waals surface area contributed by atoms with E-state index in [9.17, 15) is 0 Å². The Labute approximate surface area is 115 Å². The van der Waals surface area contributed by atoms with Crippen LogP contribution in [0.5, 0.6) is 0 Å². The van der Waals surface area contributed by atoms with Gasteiger partial charge in [0, 0.05) is 25.7 Å². The van der Waals surface area contributed by atoms with Crippen LogP contribution < -0.4 is 16.0 Å². The Morgan fingerprint density at radius 1 is 1.47 bits per heavy atom. The number of nitrogens with one attached hydrogen (secondary N) is 1. The quantitative estimate of drug-likeness (QED) is 0.846. The van der Waals surface area contributed by atoms with E-state index >= 15 is 0 Å². The third-order valence-corrected chi connectivity index (χ3v) is 3.52. The zero-order valence-electron chi connectivity index (χ0n) is 12.0. The molecule has 19 heavy (non-hydrogen) atoms. The molecule has 1 unspecified atom stereocenters. The van der Waals surface area contributed by atoms with Crippen LogP contribution in [0.1, 0.15) is 26.7 Å². The lowest BCUT2D eigenvalue weighted by atomic mass is 9.98. The number of hydrogen-bond acceptors (Lipinski definition) is 5. The molecule has 0 radical (unpaired) electrons. The van der Waals surface area contributed by atoms with Gasteiger partial charge in [0.25, 0.3) is 0 Å². The van der Waals surface area contributed by atoms with E-state index in [1.165, 1.54) is 12.8 Å². The smallest absolute Gasteiger partial charge is 0.134 e. The Morgan fingerprint density at radius 3 is 3.05 bits per heavy atom. The van der Waals surface area contributed by atoms with Crippen LogP contribution in [0.15, 0.2) is 12.4 Å². The fraction of sp³-hybridized carbons (Fsp3) is 0.714. The normalized spacial score (nSPS) is 19.8. The van der Waals surface area contributed by atoms with E-state index in [-0.39, 0.29) is 0 Å². The highest BCUT2D eigenvalue weighted by molar-refractivity contribution is 5.48. The van der Waals surface area contributed by atoms with Crippen molar-refractivity contribution in [3.05, 3.63) is 12.4 Å². The van der Waals surface area contributed by atoms with Crippen molar-refractivity contribution >= 4 is 11.6 Å². The molecule has 5 nitrogen and oxygen atoms in total. The van der Waals surface area contributed by atoms with Crippen molar-refractivity contribution in [3.8, 4) is 0 Å². The van der Waals surface area contributed by atoms with Gasteiger partial charge in [0.15, 0.2) is 0 Å². The second kappa shape index (κ2) is 6.70.